The molecule has 9 nitrogen and oxygen atoms in total. The Bertz CT molecular complexity index is 1450. The number of aliphatic hydroxyl groups excluding tert-OH is 1. The molecule has 0 bridgehead atoms. The summed E-state index contributed by atoms with van der Waals surface area (Å²) in [4.78, 5) is 12.3. The zero-order chi connectivity index (χ0) is 23.8. The van der Waals surface area contributed by atoms with Gasteiger partial charge in [0.2, 0.25) is 5.28 Å². The molecule has 11 heteroatoms. The standard InChI is InChI=1S/C23H22ClFN6O3/c24-22-29-18(26)13-4-6-31(20(13)30-22)21-16(32)23(33)5-3-12(17(23)34-21)7-10-1-2-11-9-14(25)19(27)28-15(11)8-10/h1-2,4,6,8-9,12,16-17,21,32-33H,3,5,7H2,(H2,27,28)(H2,26,29,30)/t12-,16?,17+,21+,23-/m0/s1. The highest BCUT2D eigenvalue weighted by Gasteiger charge is 2.61. The number of halogens is 2. The number of ether oxygens (including phenoxy) is 1. The monoisotopic (exact) mass is 484 g/mol. The second-order valence-electron chi connectivity index (χ2n) is 9.11. The van der Waals surface area contributed by atoms with E-state index in [9.17, 15) is 14.6 Å². The molecule has 1 saturated carbocycles. The van der Waals surface area contributed by atoms with Gasteiger partial charge in [0, 0.05) is 11.6 Å². The first-order valence-corrected chi connectivity index (χ1v) is 11.3. The van der Waals surface area contributed by atoms with E-state index in [0.717, 1.165) is 5.56 Å². The van der Waals surface area contributed by atoms with Gasteiger partial charge < -0.3 is 31.0 Å². The number of aromatic nitrogens is 4. The van der Waals surface area contributed by atoms with Crippen molar-refractivity contribution in [3.05, 3.63) is 53.2 Å². The van der Waals surface area contributed by atoms with Crippen LogP contribution in [0.1, 0.15) is 24.6 Å². The van der Waals surface area contributed by atoms with E-state index in [1.54, 1.807) is 22.9 Å². The first kappa shape index (κ1) is 21.5. The summed E-state index contributed by atoms with van der Waals surface area (Å²) in [5, 5.41) is 23.7. The smallest absolute Gasteiger partial charge is 0.226 e. The molecule has 1 saturated heterocycles. The number of anilines is 2. The lowest BCUT2D eigenvalue weighted by Gasteiger charge is -2.26. The SMILES string of the molecule is Nc1nc2cc(C[C@@H]3CC[C@]4(O)C(O)[C@H](n5ccc6c(N)nc(Cl)nc65)O[C@H]34)ccc2cc1F. The van der Waals surface area contributed by atoms with Crippen LogP contribution in [0.5, 0.6) is 0 Å². The van der Waals surface area contributed by atoms with E-state index < -0.39 is 29.9 Å². The van der Waals surface area contributed by atoms with E-state index in [4.69, 9.17) is 27.8 Å². The molecule has 1 aliphatic carbocycles. The average molecular weight is 485 g/mol. The number of hydrogen-bond donors (Lipinski definition) is 4. The molecule has 2 aliphatic rings. The fraction of sp³-hybridized carbons (Fsp3) is 0.348. The van der Waals surface area contributed by atoms with Gasteiger partial charge in [0.1, 0.15) is 23.2 Å². The van der Waals surface area contributed by atoms with Crippen molar-refractivity contribution < 1.29 is 19.3 Å². The van der Waals surface area contributed by atoms with Crippen LogP contribution in [0.2, 0.25) is 5.28 Å². The molecule has 176 valence electrons. The van der Waals surface area contributed by atoms with Crippen molar-refractivity contribution in [1.82, 2.24) is 19.5 Å². The summed E-state index contributed by atoms with van der Waals surface area (Å²) in [5.74, 6) is -0.520. The molecule has 0 amide bonds. The van der Waals surface area contributed by atoms with Crippen LogP contribution >= 0.6 is 11.6 Å². The summed E-state index contributed by atoms with van der Waals surface area (Å²) in [5.41, 5.74) is 12.2. The predicted octanol–water partition coefficient (Wildman–Crippen LogP) is 2.58. The fourth-order valence-electron chi connectivity index (χ4n) is 5.43. The number of hydrogen-bond acceptors (Lipinski definition) is 8. The van der Waals surface area contributed by atoms with E-state index in [1.165, 1.54) is 6.07 Å². The minimum atomic E-state index is -1.41. The summed E-state index contributed by atoms with van der Waals surface area (Å²) < 4.78 is 21.6. The van der Waals surface area contributed by atoms with Crippen molar-refractivity contribution in [3.8, 4) is 0 Å². The van der Waals surface area contributed by atoms with Crippen molar-refractivity contribution >= 4 is 45.2 Å². The molecule has 1 aromatic carbocycles. The maximum Gasteiger partial charge on any atom is 0.226 e. The summed E-state index contributed by atoms with van der Waals surface area (Å²) >= 11 is 5.99. The van der Waals surface area contributed by atoms with Gasteiger partial charge in [-0.2, -0.15) is 4.98 Å². The first-order chi connectivity index (χ1) is 16.2. The number of nitrogens with zero attached hydrogens (tertiary/aromatic N) is 4. The maximum absolute atomic E-state index is 13.7. The Kier molecular flexibility index (Phi) is 4.72. The molecule has 6 N–H and O–H groups in total. The highest BCUT2D eigenvalue weighted by atomic mass is 35.5. The highest BCUT2D eigenvalue weighted by molar-refractivity contribution is 6.28. The molecule has 34 heavy (non-hydrogen) atoms. The predicted molar refractivity (Wildman–Crippen MR) is 124 cm³/mol. The van der Waals surface area contributed by atoms with Crippen LogP contribution in [0, 0.1) is 11.7 Å². The van der Waals surface area contributed by atoms with E-state index in [2.05, 4.69) is 15.0 Å². The molecule has 1 unspecified atom stereocenters. The molecular weight excluding hydrogens is 463 g/mol. The third-order valence-corrected chi connectivity index (χ3v) is 7.28. The van der Waals surface area contributed by atoms with Crippen LogP contribution in [0.3, 0.4) is 0 Å². The molecule has 4 aromatic rings. The largest absolute Gasteiger partial charge is 0.385 e. The Labute approximate surface area is 198 Å². The fourth-order valence-corrected chi connectivity index (χ4v) is 5.60. The maximum atomic E-state index is 13.7. The third-order valence-electron chi connectivity index (χ3n) is 7.11. The Morgan fingerprint density at radius 3 is 2.82 bits per heavy atom. The van der Waals surface area contributed by atoms with E-state index in [1.807, 2.05) is 12.1 Å². The molecular formula is C23H22ClFN6O3. The lowest BCUT2D eigenvalue weighted by Crippen LogP contribution is -2.45. The van der Waals surface area contributed by atoms with Crippen LogP contribution in [-0.4, -0.2) is 47.5 Å². The number of nitrogens with two attached hydrogens (primary N) is 2. The van der Waals surface area contributed by atoms with E-state index in [-0.39, 0.29) is 22.8 Å². The van der Waals surface area contributed by atoms with E-state index in [0.29, 0.717) is 41.2 Å². The van der Waals surface area contributed by atoms with Gasteiger partial charge in [0.15, 0.2) is 17.9 Å². The quantitative estimate of drug-likeness (QED) is 0.324. The van der Waals surface area contributed by atoms with Gasteiger partial charge in [0.05, 0.1) is 17.0 Å². The summed E-state index contributed by atoms with van der Waals surface area (Å²) in [6.07, 6.45) is 0.723. The number of benzene rings is 1. The van der Waals surface area contributed by atoms with Gasteiger partial charge in [-0.1, -0.05) is 12.1 Å². The summed E-state index contributed by atoms with van der Waals surface area (Å²) in [7, 11) is 0. The van der Waals surface area contributed by atoms with Gasteiger partial charge in [-0.25, -0.2) is 14.4 Å². The molecule has 1 aliphatic heterocycles. The van der Waals surface area contributed by atoms with Crippen LogP contribution in [0.25, 0.3) is 21.9 Å². The second-order valence-corrected chi connectivity index (χ2v) is 9.44. The minimum Gasteiger partial charge on any atom is -0.385 e. The normalized spacial score (nSPS) is 28.7. The third kappa shape index (κ3) is 3.13. The Morgan fingerprint density at radius 1 is 1.18 bits per heavy atom. The van der Waals surface area contributed by atoms with Gasteiger partial charge in [-0.05, 0) is 60.5 Å². The van der Waals surface area contributed by atoms with Crippen LogP contribution < -0.4 is 11.5 Å². The topological polar surface area (TPSA) is 145 Å². The van der Waals surface area contributed by atoms with Crippen molar-refractivity contribution in [2.75, 3.05) is 11.5 Å². The van der Waals surface area contributed by atoms with Crippen molar-refractivity contribution in [3.63, 3.8) is 0 Å². The average Bonchev–Trinajstić information content (AvgIpc) is 3.42. The lowest BCUT2D eigenvalue weighted by molar-refractivity contribution is -0.0675. The number of aliphatic hydroxyl groups is 2. The molecule has 4 heterocycles. The van der Waals surface area contributed by atoms with Crippen LogP contribution in [-0.2, 0) is 11.2 Å². The van der Waals surface area contributed by atoms with Crippen molar-refractivity contribution in [1.29, 1.82) is 0 Å². The second kappa shape index (κ2) is 7.47. The Morgan fingerprint density at radius 2 is 2.00 bits per heavy atom. The zero-order valence-electron chi connectivity index (χ0n) is 17.9. The zero-order valence-corrected chi connectivity index (χ0v) is 18.7. The molecule has 0 spiro atoms. The van der Waals surface area contributed by atoms with Crippen LogP contribution in [0.15, 0.2) is 36.5 Å². The number of rotatable bonds is 3. The molecule has 3 aromatic heterocycles. The first-order valence-electron chi connectivity index (χ1n) is 10.9. The minimum absolute atomic E-state index is 0.0142. The molecule has 2 fully saturated rings. The Balaban J connectivity index is 1.30. The summed E-state index contributed by atoms with van der Waals surface area (Å²) in [6, 6.07) is 8.66. The van der Waals surface area contributed by atoms with Gasteiger partial charge in [-0.3, -0.25) is 0 Å². The van der Waals surface area contributed by atoms with Gasteiger partial charge in [-0.15, -0.1) is 0 Å². The summed E-state index contributed by atoms with van der Waals surface area (Å²) in [6.45, 7) is 0. The molecule has 6 rings (SSSR count). The molecule has 5 atom stereocenters. The van der Waals surface area contributed by atoms with Gasteiger partial charge >= 0.3 is 0 Å². The van der Waals surface area contributed by atoms with E-state index >= 15 is 0 Å². The highest BCUT2D eigenvalue weighted by Crippen LogP contribution is 2.50. The van der Waals surface area contributed by atoms with Crippen molar-refractivity contribution in [2.24, 2.45) is 5.92 Å². The van der Waals surface area contributed by atoms with Crippen molar-refractivity contribution in [2.45, 2.75) is 43.3 Å². The molecule has 0 radical (unpaired) electrons. The Hall–Kier alpha value is -3.05. The number of nitrogen functional groups attached to an aromatic ring is 2. The number of pyridine rings is 1. The number of fused-ring (bicyclic) bond motifs is 3. The van der Waals surface area contributed by atoms with Crippen LogP contribution in [0.4, 0.5) is 16.0 Å². The lowest BCUT2D eigenvalue weighted by atomic mass is 9.90. The van der Waals surface area contributed by atoms with Gasteiger partial charge in [0.25, 0.3) is 0 Å².